The minimum atomic E-state index is 0.472. The molecule has 1 aromatic heterocycles. The lowest BCUT2D eigenvalue weighted by Crippen LogP contribution is -2.34. The van der Waals surface area contributed by atoms with Crippen LogP contribution < -0.4 is 15.0 Å². The van der Waals surface area contributed by atoms with Gasteiger partial charge in [-0.2, -0.15) is 5.26 Å². The molecular weight excluding hydrogens is 410 g/mol. The molecule has 1 fully saturated rings. The number of rotatable bonds is 0. The lowest BCUT2D eigenvalue weighted by molar-refractivity contribution is 0.481. The number of hydrogen-bond acceptors (Lipinski definition) is 5. The van der Waals surface area contributed by atoms with Crippen LogP contribution in [0.1, 0.15) is 23.2 Å². The van der Waals surface area contributed by atoms with Crippen LogP contribution in [0.25, 0.3) is 10.8 Å². The molecule has 6 bridgehead atoms. The van der Waals surface area contributed by atoms with Crippen molar-refractivity contribution in [2.45, 2.75) is 25.4 Å². The Kier molecular flexibility index (Phi) is 4.97. The highest BCUT2D eigenvalue weighted by Gasteiger charge is 2.24. The molecule has 2 aliphatic heterocycles. The number of nitriles is 1. The minimum Gasteiger partial charge on any atom is -0.456 e. The first-order chi connectivity index (χ1) is 16.3. The van der Waals surface area contributed by atoms with E-state index in [1.54, 1.807) is 0 Å². The number of anilines is 1. The SMILES string of the molecule is N#Cc1ccc2cc1Oc1ccc3cccc(c3c1)N1CC[C@@H](C1)NCCc1cncn1C2. The zero-order chi connectivity index (χ0) is 22.2. The number of nitrogens with zero attached hydrogens (tertiary/aromatic N) is 4. The Labute approximate surface area is 193 Å². The van der Waals surface area contributed by atoms with Crippen molar-refractivity contribution in [2.75, 3.05) is 24.5 Å². The van der Waals surface area contributed by atoms with Crippen LogP contribution in [0.5, 0.6) is 11.5 Å². The molecular formula is C27H25N5O. The first-order valence-electron chi connectivity index (χ1n) is 11.5. The van der Waals surface area contributed by atoms with Crippen molar-refractivity contribution in [1.29, 1.82) is 5.26 Å². The van der Waals surface area contributed by atoms with Gasteiger partial charge in [-0.3, -0.25) is 0 Å². The van der Waals surface area contributed by atoms with E-state index < -0.39 is 0 Å². The van der Waals surface area contributed by atoms with Crippen LogP contribution in [0.3, 0.4) is 0 Å². The molecule has 0 spiro atoms. The van der Waals surface area contributed by atoms with Gasteiger partial charge in [0.25, 0.3) is 0 Å². The fourth-order valence-electron chi connectivity index (χ4n) is 4.99. The lowest BCUT2D eigenvalue weighted by atomic mass is 10.1. The highest BCUT2D eigenvalue weighted by molar-refractivity contribution is 5.95. The van der Waals surface area contributed by atoms with Gasteiger partial charge < -0.3 is 19.5 Å². The van der Waals surface area contributed by atoms with E-state index in [1.807, 2.05) is 36.8 Å². The molecule has 1 N–H and O–H groups in total. The second kappa shape index (κ2) is 8.27. The smallest absolute Gasteiger partial charge is 0.145 e. The number of nitrogens with one attached hydrogen (secondary N) is 1. The van der Waals surface area contributed by atoms with E-state index in [2.05, 4.69) is 56.2 Å². The van der Waals surface area contributed by atoms with Gasteiger partial charge in [-0.25, -0.2) is 4.98 Å². The van der Waals surface area contributed by atoms with E-state index >= 15 is 0 Å². The maximum Gasteiger partial charge on any atom is 0.145 e. The van der Waals surface area contributed by atoms with Gasteiger partial charge in [-0.05, 0) is 47.7 Å². The molecule has 0 amide bonds. The fourth-order valence-corrected chi connectivity index (χ4v) is 4.99. The van der Waals surface area contributed by atoms with Crippen molar-refractivity contribution in [1.82, 2.24) is 14.9 Å². The van der Waals surface area contributed by atoms with Gasteiger partial charge in [0.15, 0.2) is 0 Å². The largest absolute Gasteiger partial charge is 0.456 e. The predicted molar refractivity (Wildman–Crippen MR) is 129 cm³/mol. The molecule has 6 rings (SSSR count). The monoisotopic (exact) mass is 435 g/mol. The zero-order valence-corrected chi connectivity index (χ0v) is 18.4. The van der Waals surface area contributed by atoms with Gasteiger partial charge in [0, 0.05) is 61.6 Å². The molecule has 3 heterocycles. The summed E-state index contributed by atoms with van der Waals surface area (Å²) in [6, 6.07) is 21.2. The summed E-state index contributed by atoms with van der Waals surface area (Å²) in [5.41, 5.74) is 4.04. The van der Waals surface area contributed by atoms with Gasteiger partial charge in [0.05, 0.1) is 11.9 Å². The molecule has 3 aromatic carbocycles. The highest BCUT2D eigenvalue weighted by atomic mass is 16.5. The Morgan fingerprint density at radius 3 is 3.03 bits per heavy atom. The summed E-state index contributed by atoms with van der Waals surface area (Å²) in [5, 5.41) is 15.8. The Bertz CT molecular complexity index is 1370. The molecule has 0 radical (unpaired) electrons. The van der Waals surface area contributed by atoms with Gasteiger partial charge in [-0.1, -0.05) is 24.3 Å². The third-order valence-corrected chi connectivity index (χ3v) is 6.72. The molecule has 1 atom stereocenters. The first-order valence-corrected chi connectivity index (χ1v) is 11.5. The Hall–Kier alpha value is -3.82. The Morgan fingerprint density at radius 1 is 1.12 bits per heavy atom. The third-order valence-electron chi connectivity index (χ3n) is 6.72. The average molecular weight is 436 g/mol. The minimum absolute atomic E-state index is 0.472. The van der Waals surface area contributed by atoms with Crippen LogP contribution in [0.15, 0.2) is 67.1 Å². The van der Waals surface area contributed by atoms with E-state index in [9.17, 15) is 5.26 Å². The number of benzene rings is 3. The van der Waals surface area contributed by atoms with E-state index in [0.29, 0.717) is 23.9 Å². The van der Waals surface area contributed by atoms with Crippen LogP contribution in [0, 0.1) is 11.3 Å². The van der Waals surface area contributed by atoms with E-state index in [4.69, 9.17) is 4.74 Å². The maximum absolute atomic E-state index is 9.66. The second-order valence-electron chi connectivity index (χ2n) is 8.85. The van der Waals surface area contributed by atoms with Gasteiger partial charge >= 0.3 is 0 Å². The summed E-state index contributed by atoms with van der Waals surface area (Å²) in [6.45, 7) is 3.63. The van der Waals surface area contributed by atoms with Crippen LogP contribution in [0.4, 0.5) is 5.69 Å². The lowest BCUT2D eigenvalue weighted by Gasteiger charge is -2.21. The molecule has 0 saturated carbocycles. The van der Waals surface area contributed by atoms with Crippen LogP contribution in [0.2, 0.25) is 0 Å². The van der Waals surface area contributed by atoms with Gasteiger partial charge in [0.1, 0.15) is 17.6 Å². The van der Waals surface area contributed by atoms with Crippen molar-refractivity contribution in [2.24, 2.45) is 0 Å². The van der Waals surface area contributed by atoms with Gasteiger partial charge in [0.2, 0.25) is 0 Å². The van der Waals surface area contributed by atoms with Crippen LogP contribution in [-0.2, 0) is 13.0 Å². The van der Waals surface area contributed by atoms with Crippen molar-refractivity contribution in [3.8, 4) is 17.6 Å². The molecule has 164 valence electrons. The van der Waals surface area contributed by atoms with Gasteiger partial charge in [-0.15, -0.1) is 0 Å². The van der Waals surface area contributed by atoms with Crippen molar-refractivity contribution >= 4 is 16.5 Å². The molecule has 2 aliphatic rings. The van der Waals surface area contributed by atoms with Crippen molar-refractivity contribution < 1.29 is 4.74 Å². The Morgan fingerprint density at radius 2 is 2.09 bits per heavy atom. The topological polar surface area (TPSA) is 66.1 Å². The number of ether oxygens (including phenoxy) is 1. The maximum atomic E-state index is 9.66. The normalized spacial score (nSPS) is 17.9. The standard InChI is InChI=1S/C27H25N5O/c28-14-21-5-4-19-12-27(21)33-24-7-6-20-2-1-3-26(25(20)13-24)31-11-9-22(17-31)30-10-8-23-15-29-18-32(23)16-19/h1-7,12-13,15,18,22,30H,8-11,16-17H2/t22-/m0/s1. The summed E-state index contributed by atoms with van der Waals surface area (Å²) in [7, 11) is 0. The van der Waals surface area contributed by atoms with E-state index in [0.717, 1.165) is 43.8 Å². The molecule has 4 aromatic rings. The molecule has 1 saturated heterocycles. The number of hydrogen-bond donors (Lipinski definition) is 1. The zero-order valence-electron chi connectivity index (χ0n) is 18.4. The molecule has 0 aliphatic carbocycles. The van der Waals surface area contributed by atoms with Crippen LogP contribution in [-0.4, -0.2) is 35.2 Å². The number of fused-ring (bicyclic) bond motifs is 7. The summed E-state index contributed by atoms with van der Waals surface area (Å²) in [4.78, 5) is 6.84. The molecule has 6 nitrogen and oxygen atoms in total. The summed E-state index contributed by atoms with van der Waals surface area (Å²) < 4.78 is 8.47. The molecule has 33 heavy (non-hydrogen) atoms. The van der Waals surface area contributed by atoms with E-state index in [-0.39, 0.29) is 0 Å². The van der Waals surface area contributed by atoms with Crippen LogP contribution >= 0.6 is 0 Å². The number of aromatic nitrogens is 2. The number of imidazole rings is 1. The summed E-state index contributed by atoms with van der Waals surface area (Å²) >= 11 is 0. The summed E-state index contributed by atoms with van der Waals surface area (Å²) in [5.74, 6) is 1.32. The quantitative estimate of drug-likeness (QED) is 0.441. The average Bonchev–Trinajstić information content (AvgIpc) is 3.48. The molecule has 6 heteroatoms. The Balaban J connectivity index is 1.46. The van der Waals surface area contributed by atoms with Crippen molar-refractivity contribution in [3.05, 3.63) is 83.9 Å². The van der Waals surface area contributed by atoms with Crippen molar-refractivity contribution in [3.63, 3.8) is 0 Å². The third kappa shape index (κ3) is 3.81. The fraction of sp³-hybridized carbons (Fsp3) is 0.259. The first kappa shape index (κ1) is 19.8. The predicted octanol–water partition coefficient (Wildman–Crippen LogP) is 4.47. The summed E-state index contributed by atoms with van der Waals surface area (Å²) in [6.07, 6.45) is 5.88. The molecule has 0 unspecified atom stereocenters. The van der Waals surface area contributed by atoms with E-state index in [1.165, 1.54) is 22.2 Å². The second-order valence-corrected chi connectivity index (χ2v) is 8.85. The highest BCUT2D eigenvalue weighted by Crippen LogP contribution is 2.34.